The predicted octanol–water partition coefficient (Wildman–Crippen LogP) is 2.73. The highest BCUT2D eigenvalue weighted by atomic mass is 32.2. The second kappa shape index (κ2) is 6.93. The molecule has 1 fully saturated rings. The third-order valence-electron chi connectivity index (χ3n) is 4.75. The Hall–Kier alpha value is -0.870. The molecule has 1 N–H and O–H groups in total. The number of nitrogens with one attached hydrogen (secondary N) is 1. The summed E-state index contributed by atoms with van der Waals surface area (Å²) < 4.78 is 23.7. The van der Waals surface area contributed by atoms with Crippen molar-refractivity contribution in [2.45, 2.75) is 50.3 Å². The summed E-state index contributed by atoms with van der Waals surface area (Å²) in [5.41, 5.74) is 2.61. The van der Waals surface area contributed by atoms with Crippen molar-refractivity contribution in [3.8, 4) is 0 Å². The molecular weight excluding hydrogens is 282 g/mol. The summed E-state index contributed by atoms with van der Waals surface area (Å²) in [4.78, 5) is 0. The molecule has 0 radical (unpaired) electrons. The highest BCUT2D eigenvalue weighted by Gasteiger charge is 2.32. The van der Waals surface area contributed by atoms with Gasteiger partial charge < -0.3 is 5.32 Å². The van der Waals surface area contributed by atoms with Gasteiger partial charge in [0.1, 0.15) is 9.84 Å². The first kappa shape index (κ1) is 16.5. The monoisotopic (exact) mass is 309 g/mol. The van der Waals surface area contributed by atoms with E-state index in [0.29, 0.717) is 12.0 Å². The zero-order chi connectivity index (χ0) is 15.5. The molecule has 0 aliphatic heterocycles. The number of sulfone groups is 1. The minimum atomic E-state index is -2.91. The van der Waals surface area contributed by atoms with Gasteiger partial charge in [-0.05, 0) is 51.1 Å². The van der Waals surface area contributed by atoms with E-state index >= 15 is 0 Å². The van der Waals surface area contributed by atoms with Crippen molar-refractivity contribution in [3.63, 3.8) is 0 Å². The van der Waals surface area contributed by atoms with Crippen LogP contribution in [0.4, 0.5) is 0 Å². The lowest BCUT2D eigenvalue weighted by Gasteiger charge is -2.34. The van der Waals surface area contributed by atoms with Crippen LogP contribution in [0.5, 0.6) is 0 Å². The SMILES string of the molecule is CNC(Cc1cccc(C)c1)C1CCCC(S(C)(=O)=O)C1. The van der Waals surface area contributed by atoms with Crippen molar-refractivity contribution in [1.29, 1.82) is 0 Å². The van der Waals surface area contributed by atoms with Crippen molar-refractivity contribution >= 4 is 9.84 Å². The van der Waals surface area contributed by atoms with Crippen LogP contribution in [-0.2, 0) is 16.3 Å². The Morgan fingerprint density at radius 1 is 1.33 bits per heavy atom. The summed E-state index contributed by atoms with van der Waals surface area (Å²) in [6.07, 6.45) is 6.14. The van der Waals surface area contributed by atoms with E-state index in [1.807, 2.05) is 7.05 Å². The highest BCUT2D eigenvalue weighted by Crippen LogP contribution is 2.31. The zero-order valence-electron chi connectivity index (χ0n) is 13.3. The van der Waals surface area contributed by atoms with E-state index in [-0.39, 0.29) is 5.25 Å². The van der Waals surface area contributed by atoms with Crippen molar-refractivity contribution in [2.75, 3.05) is 13.3 Å². The first-order chi connectivity index (χ1) is 9.90. The topological polar surface area (TPSA) is 46.2 Å². The van der Waals surface area contributed by atoms with Crippen molar-refractivity contribution in [3.05, 3.63) is 35.4 Å². The molecule has 21 heavy (non-hydrogen) atoms. The van der Waals surface area contributed by atoms with Gasteiger partial charge in [0.05, 0.1) is 5.25 Å². The number of hydrogen-bond acceptors (Lipinski definition) is 3. The first-order valence-corrected chi connectivity index (χ1v) is 9.77. The van der Waals surface area contributed by atoms with Crippen LogP contribution in [0.15, 0.2) is 24.3 Å². The normalized spacial score (nSPS) is 24.7. The van der Waals surface area contributed by atoms with Gasteiger partial charge in [-0.1, -0.05) is 36.2 Å². The van der Waals surface area contributed by atoms with E-state index in [2.05, 4.69) is 36.5 Å². The van der Waals surface area contributed by atoms with Gasteiger partial charge in [-0.15, -0.1) is 0 Å². The van der Waals surface area contributed by atoms with Gasteiger partial charge in [-0.25, -0.2) is 8.42 Å². The molecule has 1 aromatic rings. The first-order valence-electron chi connectivity index (χ1n) is 7.82. The van der Waals surface area contributed by atoms with E-state index in [1.54, 1.807) is 0 Å². The van der Waals surface area contributed by atoms with Crippen LogP contribution in [0.3, 0.4) is 0 Å². The number of rotatable bonds is 5. The van der Waals surface area contributed by atoms with Crippen LogP contribution in [0.2, 0.25) is 0 Å². The van der Waals surface area contributed by atoms with E-state index in [0.717, 1.165) is 32.1 Å². The number of hydrogen-bond donors (Lipinski definition) is 1. The molecule has 2 rings (SSSR count). The van der Waals surface area contributed by atoms with Gasteiger partial charge in [0.25, 0.3) is 0 Å². The second-order valence-corrected chi connectivity index (χ2v) is 8.79. The lowest BCUT2D eigenvalue weighted by molar-refractivity contribution is 0.278. The van der Waals surface area contributed by atoms with Gasteiger partial charge >= 0.3 is 0 Å². The molecule has 0 spiro atoms. The van der Waals surface area contributed by atoms with Gasteiger partial charge in [0.15, 0.2) is 0 Å². The largest absolute Gasteiger partial charge is 0.316 e. The summed E-state index contributed by atoms with van der Waals surface area (Å²) in [7, 11) is -0.917. The van der Waals surface area contributed by atoms with Gasteiger partial charge in [-0.3, -0.25) is 0 Å². The minimum absolute atomic E-state index is 0.149. The summed E-state index contributed by atoms with van der Waals surface area (Å²) in [6.45, 7) is 2.11. The predicted molar refractivity (Wildman–Crippen MR) is 88.3 cm³/mol. The van der Waals surface area contributed by atoms with Crippen LogP contribution in [-0.4, -0.2) is 33.0 Å². The van der Waals surface area contributed by atoms with E-state index in [4.69, 9.17) is 0 Å². The fourth-order valence-corrected chi connectivity index (χ4v) is 4.72. The fourth-order valence-electron chi connectivity index (χ4n) is 3.53. The van der Waals surface area contributed by atoms with Crippen LogP contribution in [0.25, 0.3) is 0 Å². The molecule has 3 atom stereocenters. The average Bonchev–Trinajstić information content (AvgIpc) is 2.44. The molecule has 0 aromatic heterocycles. The van der Waals surface area contributed by atoms with Crippen LogP contribution in [0.1, 0.15) is 36.8 Å². The Kier molecular flexibility index (Phi) is 5.44. The van der Waals surface area contributed by atoms with Gasteiger partial charge in [0.2, 0.25) is 0 Å². The average molecular weight is 309 g/mol. The molecule has 118 valence electrons. The molecule has 3 nitrogen and oxygen atoms in total. The number of likely N-dealkylation sites (N-methyl/N-ethyl adjacent to an activating group) is 1. The maximum atomic E-state index is 11.8. The molecule has 0 saturated heterocycles. The Bertz CT molecular complexity index is 568. The van der Waals surface area contributed by atoms with E-state index in [1.165, 1.54) is 17.4 Å². The molecular formula is C17H27NO2S. The summed E-state index contributed by atoms with van der Waals surface area (Å²) in [5.74, 6) is 0.448. The molecule has 0 amide bonds. The van der Waals surface area contributed by atoms with Crippen LogP contribution in [0, 0.1) is 12.8 Å². The Morgan fingerprint density at radius 2 is 2.10 bits per heavy atom. The van der Waals surface area contributed by atoms with E-state index in [9.17, 15) is 8.42 Å². The Labute approximate surface area is 129 Å². The molecule has 3 unspecified atom stereocenters. The number of benzene rings is 1. The highest BCUT2D eigenvalue weighted by molar-refractivity contribution is 7.91. The summed E-state index contributed by atoms with van der Waals surface area (Å²) >= 11 is 0. The quantitative estimate of drug-likeness (QED) is 0.909. The second-order valence-electron chi connectivity index (χ2n) is 6.47. The Morgan fingerprint density at radius 3 is 2.71 bits per heavy atom. The van der Waals surface area contributed by atoms with Gasteiger partial charge in [0, 0.05) is 12.3 Å². The molecule has 0 bridgehead atoms. The fraction of sp³-hybridized carbons (Fsp3) is 0.647. The van der Waals surface area contributed by atoms with Crippen molar-refractivity contribution in [1.82, 2.24) is 5.32 Å². The third kappa shape index (κ3) is 4.55. The summed E-state index contributed by atoms with van der Waals surface area (Å²) in [5, 5.41) is 3.27. The molecule has 4 heteroatoms. The molecule has 1 aliphatic carbocycles. The maximum Gasteiger partial charge on any atom is 0.150 e. The van der Waals surface area contributed by atoms with Crippen LogP contribution < -0.4 is 5.32 Å². The summed E-state index contributed by atoms with van der Waals surface area (Å²) in [6, 6.07) is 8.95. The third-order valence-corrected chi connectivity index (χ3v) is 6.39. The Balaban J connectivity index is 2.06. The van der Waals surface area contributed by atoms with Gasteiger partial charge in [-0.2, -0.15) is 0 Å². The van der Waals surface area contributed by atoms with Crippen molar-refractivity contribution < 1.29 is 8.42 Å². The van der Waals surface area contributed by atoms with E-state index < -0.39 is 9.84 Å². The smallest absolute Gasteiger partial charge is 0.150 e. The molecule has 1 aromatic carbocycles. The minimum Gasteiger partial charge on any atom is -0.316 e. The lowest BCUT2D eigenvalue weighted by Crippen LogP contribution is -2.40. The molecule has 1 saturated carbocycles. The van der Waals surface area contributed by atoms with Crippen LogP contribution >= 0.6 is 0 Å². The number of aryl methyl sites for hydroxylation is 1. The molecule has 0 heterocycles. The zero-order valence-corrected chi connectivity index (χ0v) is 14.1. The maximum absolute atomic E-state index is 11.8. The van der Waals surface area contributed by atoms with Crippen molar-refractivity contribution in [2.24, 2.45) is 5.92 Å². The lowest BCUT2D eigenvalue weighted by atomic mass is 9.81. The molecule has 1 aliphatic rings. The standard InChI is InChI=1S/C17H27NO2S/c1-13-6-4-7-14(10-13)11-17(18-2)15-8-5-9-16(12-15)21(3,19)20/h4,6-7,10,15-18H,5,8-9,11-12H2,1-3H3.